The number of hydrogen-bond donors (Lipinski definition) is 1. The number of nitrogens with zero attached hydrogens (tertiary/aromatic N) is 3. The maximum Gasteiger partial charge on any atom is 0.225 e. The number of aromatic nitrogens is 2. The van der Waals surface area contributed by atoms with Gasteiger partial charge in [0, 0.05) is 43.6 Å². The third-order valence-corrected chi connectivity index (χ3v) is 2.70. The van der Waals surface area contributed by atoms with Crippen LogP contribution in [0, 0.1) is 0 Å². The zero-order valence-electron chi connectivity index (χ0n) is 10.5. The minimum absolute atomic E-state index is 0.480. The van der Waals surface area contributed by atoms with E-state index in [1.807, 2.05) is 12.4 Å². The van der Waals surface area contributed by atoms with Crippen molar-refractivity contribution in [1.82, 2.24) is 15.3 Å². The predicted octanol–water partition coefficient (Wildman–Crippen LogP) is 0.811. The van der Waals surface area contributed by atoms with E-state index < -0.39 is 0 Å². The van der Waals surface area contributed by atoms with Gasteiger partial charge in [-0.1, -0.05) is 13.8 Å². The standard InChI is InChI=1S/C12H20N4O/c1-10(2)13-7-11-8-14-12(15-9-11)16-3-5-17-6-4-16/h8-10,13H,3-7H2,1-2H3. The maximum atomic E-state index is 5.30. The molecule has 1 aromatic heterocycles. The molecule has 1 aliphatic rings. The van der Waals surface area contributed by atoms with Gasteiger partial charge in [-0.05, 0) is 0 Å². The fourth-order valence-corrected chi connectivity index (χ4v) is 1.69. The van der Waals surface area contributed by atoms with Gasteiger partial charge >= 0.3 is 0 Å². The SMILES string of the molecule is CC(C)NCc1cnc(N2CCOCC2)nc1. The lowest BCUT2D eigenvalue weighted by molar-refractivity contribution is 0.122. The summed E-state index contributed by atoms with van der Waals surface area (Å²) in [4.78, 5) is 11.0. The summed E-state index contributed by atoms with van der Waals surface area (Å²) in [7, 11) is 0. The molecule has 5 nitrogen and oxygen atoms in total. The lowest BCUT2D eigenvalue weighted by Gasteiger charge is -2.26. The lowest BCUT2D eigenvalue weighted by atomic mass is 10.3. The normalized spacial score (nSPS) is 16.5. The van der Waals surface area contributed by atoms with Gasteiger partial charge in [0.1, 0.15) is 0 Å². The van der Waals surface area contributed by atoms with Crippen LogP contribution in [0.2, 0.25) is 0 Å². The molecule has 0 unspecified atom stereocenters. The van der Waals surface area contributed by atoms with Crippen LogP contribution < -0.4 is 10.2 Å². The van der Waals surface area contributed by atoms with Gasteiger partial charge < -0.3 is 15.0 Å². The summed E-state index contributed by atoms with van der Waals surface area (Å²) in [6.07, 6.45) is 3.79. The van der Waals surface area contributed by atoms with Crippen LogP contribution >= 0.6 is 0 Å². The predicted molar refractivity (Wildman–Crippen MR) is 67.0 cm³/mol. The van der Waals surface area contributed by atoms with Crippen molar-refractivity contribution in [2.75, 3.05) is 31.2 Å². The van der Waals surface area contributed by atoms with Crippen LogP contribution in [0.25, 0.3) is 0 Å². The van der Waals surface area contributed by atoms with Crippen LogP contribution in [-0.4, -0.2) is 42.3 Å². The molecule has 1 aromatic rings. The fraction of sp³-hybridized carbons (Fsp3) is 0.667. The molecule has 0 aromatic carbocycles. The second-order valence-corrected chi connectivity index (χ2v) is 4.53. The summed E-state index contributed by atoms with van der Waals surface area (Å²) >= 11 is 0. The molecule has 5 heteroatoms. The monoisotopic (exact) mass is 236 g/mol. The van der Waals surface area contributed by atoms with Crippen LogP contribution in [0.4, 0.5) is 5.95 Å². The lowest BCUT2D eigenvalue weighted by Crippen LogP contribution is -2.37. The second kappa shape index (κ2) is 5.93. The third-order valence-electron chi connectivity index (χ3n) is 2.70. The average molecular weight is 236 g/mol. The van der Waals surface area contributed by atoms with Crippen molar-refractivity contribution in [3.05, 3.63) is 18.0 Å². The first kappa shape index (κ1) is 12.3. The first-order valence-electron chi connectivity index (χ1n) is 6.12. The summed E-state index contributed by atoms with van der Waals surface area (Å²) in [5.74, 6) is 0.807. The van der Waals surface area contributed by atoms with Crippen molar-refractivity contribution in [2.24, 2.45) is 0 Å². The van der Waals surface area contributed by atoms with E-state index in [4.69, 9.17) is 4.74 Å². The average Bonchev–Trinajstić information content (AvgIpc) is 2.38. The second-order valence-electron chi connectivity index (χ2n) is 4.53. The molecule has 94 valence electrons. The molecule has 1 fully saturated rings. The third kappa shape index (κ3) is 3.64. The molecule has 0 amide bonds. The highest BCUT2D eigenvalue weighted by atomic mass is 16.5. The number of nitrogens with one attached hydrogen (secondary N) is 1. The van der Waals surface area contributed by atoms with E-state index in [0.717, 1.165) is 44.4 Å². The van der Waals surface area contributed by atoms with Crippen LogP contribution in [0.1, 0.15) is 19.4 Å². The number of rotatable bonds is 4. The van der Waals surface area contributed by atoms with E-state index >= 15 is 0 Å². The Hall–Kier alpha value is -1.20. The Kier molecular flexibility index (Phi) is 4.28. The number of hydrogen-bond acceptors (Lipinski definition) is 5. The smallest absolute Gasteiger partial charge is 0.225 e. The maximum absolute atomic E-state index is 5.30. The summed E-state index contributed by atoms with van der Waals surface area (Å²) in [6.45, 7) is 8.36. The van der Waals surface area contributed by atoms with E-state index in [-0.39, 0.29) is 0 Å². The highest BCUT2D eigenvalue weighted by molar-refractivity contribution is 5.30. The summed E-state index contributed by atoms with van der Waals surface area (Å²) in [5.41, 5.74) is 1.12. The zero-order valence-corrected chi connectivity index (χ0v) is 10.5. The van der Waals surface area contributed by atoms with Gasteiger partial charge in [0.15, 0.2) is 0 Å². The molecule has 0 aliphatic carbocycles. The molecule has 0 saturated carbocycles. The van der Waals surface area contributed by atoms with Crippen molar-refractivity contribution in [2.45, 2.75) is 26.4 Å². The molecule has 1 saturated heterocycles. The van der Waals surface area contributed by atoms with Crippen LogP contribution in [0.3, 0.4) is 0 Å². The van der Waals surface area contributed by atoms with Crippen molar-refractivity contribution < 1.29 is 4.74 Å². The van der Waals surface area contributed by atoms with Crippen LogP contribution in [0.15, 0.2) is 12.4 Å². The Morgan fingerprint density at radius 1 is 1.29 bits per heavy atom. The molecule has 0 radical (unpaired) electrons. The topological polar surface area (TPSA) is 50.3 Å². The van der Waals surface area contributed by atoms with Crippen LogP contribution in [0.5, 0.6) is 0 Å². The Morgan fingerprint density at radius 2 is 1.94 bits per heavy atom. The summed E-state index contributed by atoms with van der Waals surface area (Å²) in [6, 6.07) is 0.480. The van der Waals surface area contributed by atoms with Gasteiger partial charge in [-0.2, -0.15) is 0 Å². The number of ether oxygens (including phenoxy) is 1. The Balaban J connectivity index is 1.92. The number of anilines is 1. The highest BCUT2D eigenvalue weighted by Gasteiger charge is 2.13. The van der Waals surface area contributed by atoms with E-state index in [1.165, 1.54) is 0 Å². The van der Waals surface area contributed by atoms with Crippen molar-refractivity contribution >= 4 is 5.95 Å². The van der Waals surface area contributed by atoms with Crippen molar-refractivity contribution in [3.63, 3.8) is 0 Å². The van der Waals surface area contributed by atoms with Gasteiger partial charge in [0.25, 0.3) is 0 Å². The van der Waals surface area contributed by atoms with E-state index in [9.17, 15) is 0 Å². The van der Waals surface area contributed by atoms with Crippen LogP contribution in [-0.2, 0) is 11.3 Å². The molecular weight excluding hydrogens is 216 g/mol. The first-order valence-corrected chi connectivity index (χ1v) is 6.12. The van der Waals surface area contributed by atoms with Gasteiger partial charge in [-0.25, -0.2) is 9.97 Å². The molecule has 0 spiro atoms. The van der Waals surface area contributed by atoms with Gasteiger partial charge in [-0.3, -0.25) is 0 Å². The Morgan fingerprint density at radius 3 is 2.53 bits per heavy atom. The molecule has 1 N–H and O–H groups in total. The molecule has 2 heterocycles. The van der Waals surface area contributed by atoms with Gasteiger partial charge in [-0.15, -0.1) is 0 Å². The Labute approximate surface area is 102 Å². The molecule has 0 bridgehead atoms. The Bertz CT molecular complexity index is 333. The minimum atomic E-state index is 0.480. The number of morpholine rings is 1. The van der Waals surface area contributed by atoms with E-state index in [0.29, 0.717) is 6.04 Å². The first-order chi connectivity index (χ1) is 8.25. The largest absolute Gasteiger partial charge is 0.378 e. The van der Waals surface area contributed by atoms with Gasteiger partial charge in [0.2, 0.25) is 5.95 Å². The quantitative estimate of drug-likeness (QED) is 0.838. The van der Waals surface area contributed by atoms with E-state index in [1.54, 1.807) is 0 Å². The molecular formula is C12H20N4O. The minimum Gasteiger partial charge on any atom is -0.378 e. The molecule has 0 atom stereocenters. The molecule has 1 aliphatic heterocycles. The van der Waals surface area contributed by atoms with Gasteiger partial charge in [0.05, 0.1) is 13.2 Å². The van der Waals surface area contributed by atoms with Crippen molar-refractivity contribution in [1.29, 1.82) is 0 Å². The molecule has 2 rings (SSSR count). The molecule has 17 heavy (non-hydrogen) atoms. The highest BCUT2D eigenvalue weighted by Crippen LogP contribution is 2.09. The summed E-state index contributed by atoms with van der Waals surface area (Å²) in [5, 5.41) is 3.35. The summed E-state index contributed by atoms with van der Waals surface area (Å²) < 4.78 is 5.30. The fourth-order valence-electron chi connectivity index (χ4n) is 1.69. The van der Waals surface area contributed by atoms with E-state index in [2.05, 4.69) is 34.0 Å². The van der Waals surface area contributed by atoms with Crippen molar-refractivity contribution in [3.8, 4) is 0 Å². The zero-order chi connectivity index (χ0) is 12.1.